The van der Waals surface area contributed by atoms with Gasteiger partial charge in [-0.1, -0.05) is 6.92 Å². The zero-order valence-corrected chi connectivity index (χ0v) is 11.0. The summed E-state index contributed by atoms with van der Waals surface area (Å²) in [6, 6.07) is 0. The van der Waals surface area contributed by atoms with Crippen LogP contribution in [0.15, 0.2) is 9.30 Å². The number of carbonyl (C=O) groups is 1. The van der Waals surface area contributed by atoms with Crippen molar-refractivity contribution in [2.75, 3.05) is 13.1 Å². The molecule has 1 aromatic rings. The molecule has 0 spiro atoms. The lowest BCUT2D eigenvalue weighted by atomic mass is 9.99. The molecule has 0 N–H and O–H groups in total. The first-order valence-electron chi connectivity index (χ1n) is 5.07. The van der Waals surface area contributed by atoms with E-state index in [0.717, 1.165) is 35.8 Å². The summed E-state index contributed by atoms with van der Waals surface area (Å²) in [5.74, 6) is 0.820. The van der Waals surface area contributed by atoms with E-state index in [1.165, 1.54) is 11.3 Å². The first kappa shape index (κ1) is 11.1. The zero-order valence-electron chi connectivity index (χ0n) is 8.57. The monoisotopic (exact) mass is 288 g/mol. The number of hydrogen-bond donors (Lipinski definition) is 0. The van der Waals surface area contributed by atoms with Crippen LogP contribution in [0.2, 0.25) is 0 Å². The average Bonchev–Trinajstić information content (AvgIpc) is 2.65. The number of hydrogen-bond acceptors (Lipinski definition) is 3. The Morgan fingerprint density at radius 1 is 1.60 bits per heavy atom. The molecular weight excluding hydrogens is 276 g/mol. The van der Waals surface area contributed by atoms with Gasteiger partial charge in [0.1, 0.15) is 5.69 Å². The van der Waals surface area contributed by atoms with Gasteiger partial charge >= 0.3 is 0 Å². The summed E-state index contributed by atoms with van der Waals surface area (Å²) in [5.41, 5.74) is 0.571. The minimum atomic E-state index is 0.0730. The van der Waals surface area contributed by atoms with E-state index in [9.17, 15) is 4.79 Å². The van der Waals surface area contributed by atoms with Gasteiger partial charge in [0.15, 0.2) is 3.92 Å². The summed E-state index contributed by atoms with van der Waals surface area (Å²) in [5, 5.41) is 1.81. The molecule has 82 valence electrons. The second-order valence-corrected chi connectivity index (χ2v) is 6.09. The Bertz CT molecular complexity index is 358. The van der Waals surface area contributed by atoms with E-state index in [0.29, 0.717) is 5.69 Å². The third-order valence-electron chi connectivity index (χ3n) is 2.77. The Labute approximate surface area is 102 Å². The molecule has 1 amide bonds. The number of nitrogens with zero attached hydrogens (tertiary/aromatic N) is 2. The van der Waals surface area contributed by atoms with Gasteiger partial charge in [0.2, 0.25) is 0 Å². The molecule has 0 unspecified atom stereocenters. The van der Waals surface area contributed by atoms with Crippen molar-refractivity contribution in [1.29, 1.82) is 0 Å². The highest BCUT2D eigenvalue weighted by atomic mass is 79.9. The minimum absolute atomic E-state index is 0.0730. The SMILES string of the molecule is CC1CCN(C(=O)c2csc(Br)n2)CC1. The first-order chi connectivity index (χ1) is 7.16. The summed E-state index contributed by atoms with van der Waals surface area (Å²) in [4.78, 5) is 18.0. The van der Waals surface area contributed by atoms with Crippen LogP contribution in [0, 0.1) is 5.92 Å². The third-order valence-corrected chi connectivity index (χ3v) is 4.13. The van der Waals surface area contributed by atoms with Gasteiger partial charge in [0.05, 0.1) is 0 Å². The van der Waals surface area contributed by atoms with Crippen molar-refractivity contribution >= 4 is 33.2 Å². The van der Waals surface area contributed by atoms with Crippen molar-refractivity contribution in [3.63, 3.8) is 0 Å². The van der Waals surface area contributed by atoms with Crippen LogP contribution in [0.4, 0.5) is 0 Å². The molecule has 0 radical (unpaired) electrons. The summed E-state index contributed by atoms with van der Waals surface area (Å²) in [7, 11) is 0. The predicted octanol–water partition coefficient (Wildman–Crippen LogP) is 2.78. The average molecular weight is 289 g/mol. The van der Waals surface area contributed by atoms with Gasteiger partial charge < -0.3 is 4.90 Å². The van der Waals surface area contributed by atoms with Crippen molar-refractivity contribution in [2.45, 2.75) is 19.8 Å². The van der Waals surface area contributed by atoms with Gasteiger partial charge in [-0.2, -0.15) is 0 Å². The van der Waals surface area contributed by atoms with E-state index < -0.39 is 0 Å². The third kappa shape index (κ3) is 2.58. The number of amides is 1. The smallest absolute Gasteiger partial charge is 0.273 e. The van der Waals surface area contributed by atoms with E-state index in [1.54, 1.807) is 0 Å². The number of likely N-dealkylation sites (tertiary alicyclic amines) is 1. The highest BCUT2D eigenvalue weighted by Gasteiger charge is 2.22. The molecule has 0 aliphatic carbocycles. The van der Waals surface area contributed by atoms with Gasteiger partial charge in [-0.3, -0.25) is 4.79 Å². The molecule has 0 saturated carbocycles. The Morgan fingerprint density at radius 3 is 2.80 bits per heavy atom. The Balaban J connectivity index is 2.02. The first-order valence-corrected chi connectivity index (χ1v) is 6.74. The highest BCUT2D eigenvalue weighted by Crippen LogP contribution is 2.20. The molecule has 0 bridgehead atoms. The molecule has 2 heterocycles. The standard InChI is InChI=1S/C10H13BrN2OS/c1-7-2-4-13(5-3-7)9(14)8-6-15-10(11)12-8/h6-7H,2-5H2,1H3. The van der Waals surface area contributed by atoms with E-state index in [-0.39, 0.29) is 5.91 Å². The van der Waals surface area contributed by atoms with Crippen LogP contribution < -0.4 is 0 Å². The lowest BCUT2D eigenvalue weighted by Gasteiger charge is -2.29. The highest BCUT2D eigenvalue weighted by molar-refractivity contribution is 9.11. The molecule has 0 aromatic carbocycles. The lowest BCUT2D eigenvalue weighted by molar-refractivity contribution is 0.0692. The van der Waals surface area contributed by atoms with Crippen LogP contribution in [0.5, 0.6) is 0 Å². The topological polar surface area (TPSA) is 33.2 Å². The number of thiazole rings is 1. The van der Waals surface area contributed by atoms with Crippen LogP contribution in [-0.4, -0.2) is 28.9 Å². The fourth-order valence-corrected chi connectivity index (χ4v) is 2.71. The predicted molar refractivity (Wildman–Crippen MR) is 64.1 cm³/mol. The molecule has 1 aliphatic heterocycles. The summed E-state index contributed by atoms with van der Waals surface area (Å²) >= 11 is 4.73. The maximum absolute atomic E-state index is 12.0. The Kier molecular flexibility index (Phi) is 3.41. The number of carbonyl (C=O) groups excluding carboxylic acids is 1. The van der Waals surface area contributed by atoms with Gasteiger partial charge in [0, 0.05) is 18.5 Å². The Hall–Kier alpha value is -0.420. The molecule has 1 aliphatic rings. The molecule has 0 atom stereocenters. The fraction of sp³-hybridized carbons (Fsp3) is 0.600. The summed E-state index contributed by atoms with van der Waals surface area (Å²) in [6.07, 6.45) is 2.22. The van der Waals surface area contributed by atoms with E-state index in [4.69, 9.17) is 0 Å². The normalized spacial score (nSPS) is 18.1. The quantitative estimate of drug-likeness (QED) is 0.796. The van der Waals surface area contributed by atoms with Crippen LogP contribution in [0.3, 0.4) is 0 Å². The maximum atomic E-state index is 12.0. The zero-order chi connectivity index (χ0) is 10.8. The second-order valence-electron chi connectivity index (χ2n) is 3.96. The van der Waals surface area contributed by atoms with Crippen molar-refractivity contribution < 1.29 is 4.79 Å². The number of halogens is 1. The summed E-state index contributed by atoms with van der Waals surface area (Å²) < 4.78 is 0.774. The molecular formula is C10H13BrN2OS. The van der Waals surface area contributed by atoms with Crippen LogP contribution in [0.1, 0.15) is 30.3 Å². The summed E-state index contributed by atoms with van der Waals surface area (Å²) in [6.45, 7) is 3.98. The van der Waals surface area contributed by atoms with Gasteiger partial charge in [-0.05, 0) is 34.7 Å². The largest absolute Gasteiger partial charge is 0.337 e. The minimum Gasteiger partial charge on any atom is -0.337 e. The van der Waals surface area contributed by atoms with Crippen molar-refractivity contribution in [2.24, 2.45) is 5.92 Å². The maximum Gasteiger partial charge on any atom is 0.273 e. The second kappa shape index (κ2) is 4.61. The molecule has 5 heteroatoms. The molecule has 1 saturated heterocycles. The van der Waals surface area contributed by atoms with Crippen molar-refractivity contribution in [1.82, 2.24) is 9.88 Å². The molecule has 3 nitrogen and oxygen atoms in total. The van der Waals surface area contributed by atoms with Crippen LogP contribution >= 0.6 is 27.3 Å². The van der Waals surface area contributed by atoms with Gasteiger partial charge in [-0.25, -0.2) is 4.98 Å². The van der Waals surface area contributed by atoms with Gasteiger partial charge in [0.25, 0.3) is 5.91 Å². The van der Waals surface area contributed by atoms with Crippen molar-refractivity contribution in [3.8, 4) is 0 Å². The van der Waals surface area contributed by atoms with Crippen LogP contribution in [-0.2, 0) is 0 Å². The lowest BCUT2D eigenvalue weighted by Crippen LogP contribution is -2.38. The number of aromatic nitrogens is 1. The number of piperidine rings is 1. The molecule has 1 aromatic heterocycles. The fourth-order valence-electron chi connectivity index (χ4n) is 1.72. The van der Waals surface area contributed by atoms with Crippen LogP contribution in [0.25, 0.3) is 0 Å². The van der Waals surface area contributed by atoms with E-state index in [2.05, 4.69) is 27.8 Å². The van der Waals surface area contributed by atoms with E-state index >= 15 is 0 Å². The molecule has 1 fully saturated rings. The number of rotatable bonds is 1. The van der Waals surface area contributed by atoms with Crippen molar-refractivity contribution in [3.05, 3.63) is 15.0 Å². The van der Waals surface area contributed by atoms with Gasteiger partial charge in [-0.15, -0.1) is 11.3 Å². The van der Waals surface area contributed by atoms with E-state index in [1.807, 2.05) is 10.3 Å². The molecule has 2 rings (SSSR count). The molecule has 15 heavy (non-hydrogen) atoms. The Morgan fingerprint density at radius 2 is 2.27 bits per heavy atom.